The second kappa shape index (κ2) is 8.64. The number of rotatable bonds is 5. The van der Waals surface area contributed by atoms with E-state index in [-0.39, 0.29) is 24.0 Å². The largest absolute Gasteiger partial charge is 0.392 e. The molecule has 0 saturated heterocycles. The Morgan fingerprint density at radius 3 is 2.48 bits per heavy atom. The van der Waals surface area contributed by atoms with Crippen LogP contribution in [0.3, 0.4) is 0 Å². The van der Waals surface area contributed by atoms with Crippen LogP contribution in [0, 0.1) is 0 Å². The number of benzene rings is 2. The van der Waals surface area contributed by atoms with Crippen LogP contribution in [0.5, 0.6) is 0 Å². The zero-order valence-electron chi connectivity index (χ0n) is 18.6. The van der Waals surface area contributed by atoms with Gasteiger partial charge in [-0.3, -0.25) is 0 Å². The molecule has 2 aromatic rings. The van der Waals surface area contributed by atoms with Gasteiger partial charge in [0.2, 0.25) is 0 Å². The molecule has 2 aromatic carbocycles. The average molecular weight is 393 g/mol. The molecule has 0 bridgehead atoms. The van der Waals surface area contributed by atoms with Crippen molar-refractivity contribution in [3.63, 3.8) is 0 Å². The van der Waals surface area contributed by atoms with Gasteiger partial charge in [-0.05, 0) is 46.4 Å². The third-order valence-electron chi connectivity index (χ3n) is 5.86. The Morgan fingerprint density at radius 1 is 1.21 bits per heavy atom. The van der Waals surface area contributed by atoms with E-state index in [9.17, 15) is 5.11 Å². The van der Waals surface area contributed by atoms with Crippen LogP contribution >= 0.6 is 0 Å². The molecule has 0 aromatic heterocycles. The molecule has 154 valence electrons. The average Bonchev–Trinajstić information content (AvgIpc) is 2.68. The first-order chi connectivity index (χ1) is 13.8. The molecule has 0 aliphatic carbocycles. The van der Waals surface area contributed by atoms with Crippen LogP contribution in [0.25, 0.3) is 10.8 Å². The highest BCUT2D eigenvalue weighted by Gasteiger charge is 2.38. The van der Waals surface area contributed by atoms with Gasteiger partial charge < -0.3 is 9.84 Å². The molecule has 3 heteroatoms. The Labute approximate surface area is 175 Å². The molecule has 2 atom stereocenters. The van der Waals surface area contributed by atoms with Crippen LogP contribution in [0.15, 0.2) is 54.3 Å². The predicted molar refractivity (Wildman–Crippen MR) is 122 cm³/mol. The molecule has 1 aliphatic rings. The Morgan fingerprint density at radius 2 is 1.90 bits per heavy atom. The van der Waals surface area contributed by atoms with Crippen molar-refractivity contribution >= 4 is 17.0 Å². The van der Waals surface area contributed by atoms with Gasteiger partial charge in [-0.2, -0.15) is 4.58 Å². The van der Waals surface area contributed by atoms with Crippen LogP contribution in [-0.4, -0.2) is 42.3 Å². The number of nitrogens with zero attached hydrogens (tertiary/aromatic N) is 1. The Balaban J connectivity index is 2.32. The van der Waals surface area contributed by atoms with E-state index in [4.69, 9.17) is 4.74 Å². The molecule has 0 amide bonds. The first-order valence-corrected chi connectivity index (χ1v) is 10.4. The molecule has 0 radical (unpaired) electrons. The minimum absolute atomic E-state index is 0.0214. The molecule has 3 nitrogen and oxygen atoms in total. The molecule has 3 rings (SSSR count). The van der Waals surface area contributed by atoms with Gasteiger partial charge in [-0.1, -0.05) is 58.0 Å². The second-order valence-corrected chi connectivity index (χ2v) is 8.91. The van der Waals surface area contributed by atoms with Crippen molar-refractivity contribution in [2.45, 2.75) is 52.0 Å². The summed E-state index contributed by atoms with van der Waals surface area (Å²) in [5.74, 6) is 0.223. The van der Waals surface area contributed by atoms with Gasteiger partial charge in [0.1, 0.15) is 0 Å². The van der Waals surface area contributed by atoms with Crippen molar-refractivity contribution in [2.75, 3.05) is 20.3 Å². The lowest BCUT2D eigenvalue weighted by Gasteiger charge is -2.31. The summed E-state index contributed by atoms with van der Waals surface area (Å²) < 4.78 is 7.50. The Bertz CT molecular complexity index is 976. The van der Waals surface area contributed by atoms with Crippen molar-refractivity contribution in [3.05, 3.63) is 70.9 Å². The van der Waals surface area contributed by atoms with Gasteiger partial charge in [0.25, 0.3) is 0 Å². The van der Waals surface area contributed by atoms with Crippen LogP contribution in [0.4, 0.5) is 0 Å². The maximum atomic E-state index is 10.1. The number of methoxy groups -OCH3 is 1. The van der Waals surface area contributed by atoms with E-state index in [1.165, 1.54) is 27.5 Å². The number of hydrogen-bond donors (Lipinski definition) is 1. The molecule has 0 spiro atoms. The third kappa shape index (κ3) is 4.08. The van der Waals surface area contributed by atoms with Gasteiger partial charge >= 0.3 is 0 Å². The zero-order chi connectivity index (χ0) is 21.2. The van der Waals surface area contributed by atoms with E-state index in [2.05, 4.69) is 81.1 Å². The van der Waals surface area contributed by atoms with Gasteiger partial charge in [0, 0.05) is 24.2 Å². The highest BCUT2D eigenvalue weighted by atomic mass is 16.5. The molecular formula is C26H34NO2+. The summed E-state index contributed by atoms with van der Waals surface area (Å²) in [5.41, 5.74) is 5.04. The number of aliphatic hydroxyl groups is 1. The monoisotopic (exact) mass is 392 g/mol. The number of fused-ring (bicyclic) bond motifs is 3. The quantitative estimate of drug-likeness (QED) is 0.563. The van der Waals surface area contributed by atoms with Gasteiger partial charge in [0.05, 0.1) is 13.2 Å². The number of hydrogen-bond acceptors (Lipinski definition) is 2. The molecule has 1 N–H and O–H groups in total. The first kappa shape index (κ1) is 21.5. The van der Waals surface area contributed by atoms with Gasteiger partial charge in [0.15, 0.2) is 18.5 Å². The minimum Gasteiger partial charge on any atom is -0.392 e. The van der Waals surface area contributed by atoms with Crippen LogP contribution in [-0.2, 0) is 10.2 Å². The summed E-state index contributed by atoms with van der Waals surface area (Å²) >= 11 is 0. The summed E-state index contributed by atoms with van der Waals surface area (Å²) in [4.78, 5) is 0. The van der Waals surface area contributed by atoms with Crippen molar-refractivity contribution in [1.82, 2.24) is 0 Å². The SMILES string of the molecule is C/C=C\[N+]1=Cc2cc(C(C)(C)C)c3ccccc3c2C(C)C1/C(=C/COC)CO. The predicted octanol–water partition coefficient (Wildman–Crippen LogP) is 5.15. The van der Waals surface area contributed by atoms with Crippen LogP contribution < -0.4 is 0 Å². The number of ether oxygens (including phenoxy) is 1. The lowest BCUT2D eigenvalue weighted by Crippen LogP contribution is -2.36. The summed E-state index contributed by atoms with van der Waals surface area (Å²) in [6.07, 6.45) is 8.41. The number of aliphatic hydroxyl groups excluding tert-OH is 1. The lowest BCUT2D eigenvalue weighted by molar-refractivity contribution is -0.491. The van der Waals surface area contributed by atoms with E-state index >= 15 is 0 Å². The normalized spacial score (nSPS) is 20.2. The fraction of sp³-hybridized carbons (Fsp3) is 0.423. The maximum Gasteiger partial charge on any atom is 0.188 e. The van der Waals surface area contributed by atoms with E-state index in [1.54, 1.807) is 7.11 Å². The van der Waals surface area contributed by atoms with Crippen molar-refractivity contribution < 1.29 is 14.4 Å². The second-order valence-electron chi connectivity index (χ2n) is 8.91. The molecule has 2 unspecified atom stereocenters. The molecule has 1 heterocycles. The lowest BCUT2D eigenvalue weighted by atomic mass is 9.76. The summed E-state index contributed by atoms with van der Waals surface area (Å²) in [6.45, 7) is 11.6. The maximum absolute atomic E-state index is 10.1. The van der Waals surface area contributed by atoms with E-state index in [0.717, 1.165) is 5.57 Å². The van der Waals surface area contributed by atoms with E-state index < -0.39 is 0 Å². The molecule has 29 heavy (non-hydrogen) atoms. The van der Waals surface area contributed by atoms with E-state index in [1.807, 2.05) is 13.0 Å². The van der Waals surface area contributed by atoms with Crippen LogP contribution in [0.2, 0.25) is 0 Å². The van der Waals surface area contributed by atoms with Crippen molar-refractivity contribution in [1.29, 1.82) is 0 Å². The van der Waals surface area contributed by atoms with Crippen molar-refractivity contribution in [2.24, 2.45) is 0 Å². The number of allylic oxidation sites excluding steroid dienone is 1. The Kier molecular flexibility index (Phi) is 6.40. The summed E-state index contributed by atoms with van der Waals surface area (Å²) in [6, 6.07) is 11.2. The Hall–Kier alpha value is -2.23. The van der Waals surface area contributed by atoms with Crippen LogP contribution in [0.1, 0.15) is 57.2 Å². The molecule has 1 aliphatic heterocycles. The highest BCUT2D eigenvalue weighted by Crippen LogP contribution is 2.40. The summed E-state index contributed by atoms with van der Waals surface area (Å²) in [7, 11) is 1.68. The zero-order valence-corrected chi connectivity index (χ0v) is 18.6. The standard InChI is InChI=1S/C26H34NO2/c1-7-13-27-16-20-15-23(26(3,4)5)21-10-8-9-11-22(21)24(20)18(2)25(27)19(17-28)12-14-29-6/h7-13,15-16,18,25,28H,14,17H2,1-6H3/q+1/b13-7-,19-12+. The van der Waals surface area contributed by atoms with Crippen molar-refractivity contribution in [3.8, 4) is 0 Å². The van der Waals surface area contributed by atoms with Gasteiger partial charge in [-0.15, -0.1) is 0 Å². The molecule has 0 fully saturated rings. The first-order valence-electron chi connectivity index (χ1n) is 10.4. The molecule has 0 saturated carbocycles. The summed E-state index contributed by atoms with van der Waals surface area (Å²) in [5, 5.41) is 12.8. The highest BCUT2D eigenvalue weighted by molar-refractivity contribution is 5.97. The smallest absolute Gasteiger partial charge is 0.188 e. The minimum atomic E-state index is 0.0214. The fourth-order valence-electron chi connectivity index (χ4n) is 4.60. The topological polar surface area (TPSA) is 32.5 Å². The van der Waals surface area contributed by atoms with Gasteiger partial charge in [-0.25, -0.2) is 0 Å². The third-order valence-corrected chi connectivity index (χ3v) is 5.86. The molecular weight excluding hydrogens is 358 g/mol. The van der Waals surface area contributed by atoms with E-state index in [0.29, 0.717) is 6.61 Å². The fourth-order valence-corrected chi connectivity index (χ4v) is 4.60.